The lowest BCUT2D eigenvalue weighted by Crippen LogP contribution is -2.44. The highest BCUT2D eigenvalue weighted by Crippen LogP contribution is 2.32. The highest BCUT2D eigenvalue weighted by Gasteiger charge is 2.52. The lowest BCUT2D eigenvalue weighted by Gasteiger charge is -2.24. The molecular formula is C4H6F4O2. The molecule has 0 aliphatic rings. The van der Waals surface area contributed by atoms with Gasteiger partial charge in [-0.15, -0.1) is 9.88 Å². The van der Waals surface area contributed by atoms with Crippen LogP contribution in [0.5, 0.6) is 0 Å². The highest BCUT2D eigenvalue weighted by molar-refractivity contribution is 4.75. The number of alkyl halides is 2. The maximum atomic E-state index is 12.0. The number of rotatable bonds is 3. The molecule has 0 saturated carbocycles. The summed E-state index contributed by atoms with van der Waals surface area (Å²) in [5.74, 6) is -6.89. The van der Waals surface area contributed by atoms with Crippen molar-refractivity contribution in [3.05, 3.63) is 0 Å². The van der Waals surface area contributed by atoms with E-state index in [9.17, 15) is 17.8 Å². The van der Waals surface area contributed by atoms with Crippen molar-refractivity contribution in [3.63, 3.8) is 0 Å². The van der Waals surface area contributed by atoms with E-state index in [1.54, 1.807) is 0 Å². The lowest BCUT2D eigenvalue weighted by molar-refractivity contribution is -0.456. The van der Waals surface area contributed by atoms with E-state index >= 15 is 0 Å². The predicted octanol–water partition coefficient (Wildman–Crippen LogP) is 2.16. The largest absolute Gasteiger partial charge is 0.304 e. The Morgan fingerprint density at radius 2 is 1.30 bits per heavy atom. The Morgan fingerprint density at radius 1 is 1.00 bits per heavy atom. The Bertz CT molecular complexity index is 106. The van der Waals surface area contributed by atoms with Gasteiger partial charge in [0.15, 0.2) is 0 Å². The maximum Gasteiger partial charge on any atom is 0.304 e. The molecular weight excluding hydrogens is 156 g/mol. The second kappa shape index (κ2) is 2.71. The monoisotopic (exact) mass is 162 g/mol. The maximum absolute atomic E-state index is 12.0. The molecule has 0 radical (unpaired) electrons. The average Bonchev–Trinajstić information content (AvgIpc) is 1.84. The van der Waals surface area contributed by atoms with E-state index in [-0.39, 0.29) is 6.92 Å². The Balaban J connectivity index is 4.33. The minimum atomic E-state index is -3.74. The molecule has 0 N–H and O–H groups in total. The minimum absolute atomic E-state index is 0.270. The van der Waals surface area contributed by atoms with Gasteiger partial charge in [-0.1, -0.05) is 0 Å². The normalized spacial score (nSPS) is 13.8. The van der Waals surface area contributed by atoms with Gasteiger partial charge in [-0.3, -0.25) is 0 Å². The van der Waals surface area contributed by atoms with Crippen LogP contribution in [-0.2, 0) is 9.88 Å². The summed E-state index contributed by atoms with van der Waals surface area (Å²) in [6.45, 7) is 0.707. The van der Waals surface area contributed by atoms with E-state index < -0.39 is 11.7 Å². The molecule has 0 spiro atoms. The summed E-state index contributed by atoms with van der Waals surface area (Å²) in [5.41, 5.74) is 0. The number of hydrogen-bond acceptors (Lipinski definition) is 2. The van der Waals surface area contributed by atoms with Crippen LogP contribution in [0.2, 0.25) is 0 Å². The first-order chi connectivity index (χ1) is 4.37. The van der Waals surface area contributed by atoms with Crippen LogP contribution < -0.4 is 0 Å². The molecule has 0 bridgehead atoms. The van der Waals surface area contributed by atoms with Gasteiger partial charge < -0.3 is 0 Å². The lowest BCUT2D eigenvalue weighted by atomic mass is 10.2. The molecule has 10 heavy (non-hydrogen) atoms. The summed E-state index contributed by atoms with van der Waals surface area (Å²) in [4.78, 5) is 5.21. The molecule has 0 aromatic rings. The quantitative estimate of drug-likeness (QED) is 0.467. The van der Waals surface area contributed by atoms with Crippen LogP contribution >= 0.6 is 0 Å². The minimum Gasteiger partial charge on any atom is -0.201 e. The van der Waals surface area contributed by atoms with Crippen LogP contribution in [0, 0.1) is 0 Å². The van der Waals surface area contributed by atoms with Crippen molar-refractivity contribution in [1.29, 1.82) is 0 Å². The molecule has 6 heteroatoms. The van der Waals surface area contributed by atoms with Crippen molar-refractivity contribution in [2.45, 2.75) is 25.6 Å². The van der Waals surface area contributed by atoms with Gasteiger partial charge in [-0.05, 0) is 9.05 Å². The van der Waals surface area contributed by atoms with Gasteiger partial charge in [0.2, 0.25) is 0 Å². The van der Waals surface area contributed by atoms with Gasteiger partial charge >= 0.3 is 11.7 Å². The molecule has 0 aliphatic heterocycles. The van der Waals surface area contributed by atoms with Crippen LogP contribution in [0.3, 0.4) is 0 Å². The van der Waals surface area contributed by atoms with Crippen LogP contribution in [0.15, 0.2) is 0 Å². The zero-order valence-electron chi connectivity index (χ0n) is 5.33. The van der Waals surface area contributed by atoms with E-state index in [0.717, 1.165) is 0 Å². The predicted molar refractivity (Wildman–Crippen MR) is 23.4 cm³/mol. The fraction of sp³-hybridized carbons (Fsp3) is 1.00. The van der Waals surface area contributed by atoms with Crippen molar-refractivity contribution in [1.82, 2.24) is 0 Å². The summed E-state index contributed by atoms with van der Waals surface area (Å²) < 4.78 is 46.5. The molecule has 2 nitrogen and oxygen atoms in total. The van der Waals surface area contributed by atoms with Crippen molar-refractivity contribution in [2.75, 3.05) is 0 Å². The fourth-order valence-electron chi connectivity index (χ4n) is 0.147. The molecule has 0 aromatic heterocycles. The van der Waals surface area contributed by atoms with Crippen molar-refractivity contribution in [3.8, 4) is 0 Å². The van der Waals surface area contributed by atoms with Crippen molar-refractivity contribution in [2.24, 2.45) is 0 Å². The number of hydrogen-bond donors (Lipinski definition) is 0. The summed E-state index contributed by atoms with van der Waals surface area (Å²) >= 11 is 0. The zero-order chi connectivity index (χ0) is 8.41. The average molecular weight is 162 g/mol. The van der Waals surface area contributed by atoms with Gasteiger partial charge in [0.25, 0.3) is 0 Å². The van der Waals surface area contributed by atoms with Gasteiger partial charge in [-0.25, -0.2) is 8.78 Å². The molecule has 0 heterocycles. The van der Waals surface area contributed by atoms with Crippen LogP contribution in [0.1, 0.15) is 13.8 Å². The van der Waals surface area contributed by atoms with E-state index in [1.165, 1.54) is 0 Å². The molecule has 0 aliphatic carbocycles. The Kier molecular flexibility index (Phi) is 2.61. The van der Waals surface area contributed by atoms with E-state index in [1.807, 2.05) is 0 Å². The molecule has 0 saturated heterocycles. The first kappa shape index (κ1) is 9.64. The molecule has 0 rings (SSSR count). The fourth-order valence-corrected chi connectivity index (χ4v) is 0.147. The summed E-state index contributed by atoms with van der Waals surface area (Å²) in [5, 5.41) is 0. The molecule has 0 amide bonds. The van der Waals surface area contributed by atoms with Gasteiger partial charge in [0, 0.05) is 13.8 Å². The zero-order valence-corrected chi connectivity index (χ0v) is 5.33. The summed E-state index contributed by atoms with van der Waals surface area (Å²) in [6.07, 6.45) is 0. The van der Waals surface area contributed by atoms with Crippen molar-refractivity contribution < 1.29 is 27.7 Å². The van der Waals surface area contributed by atoms with Gasteiger partial charge in [0.1, 0.15) is 0 Å². The Labute approximate surface area is 54.5 Å². The van der Waals surface area contributed by atoms with Crippen LogP contribution in [0.25, 0.3) is 0 Å². The van der Waals surface area contributed by atoms with E-state index in [0.29, 0.717) is 6.92 Å². The molecule has 0 unspecified atom stereocenters. The third kappa shape index (κ3) is 1.57. The molecule has 0 aromatic carbocycles. The Hall–Kier alpha value is -0.360. The summed E-state index contributed by atoms with van der Waals surface area (Å²) in [6, 6.07) is 0. The number of halogens is 4. The SMILES string of the molecule is CC(F)(F)C(C)(OF)OF. The third-order valence-corrected chi connectivity index (χ3v) is 1.09. The Morgan fingerprint density at radius 3 is 1.30 bits per heavy atom. The van der Waals surface area contributed by atoms with Crippen LogP contribution in [0.4, 0.5) is 17.8 Å². The van der Waals surface area contributed by atoms with E-state index in [2.05, 4.69) is 9.88 Å². The molecule has 0 fully saturated rings. The molecule has 0 atom stereocenters. The van der Waals surface area contributed by atoms with Crippen molar-refractivity contribution >= 4 is 0 Å². The third-order valence-electron chi connectivity index (χ3n) is 1.09. The first-order valence-electron chi connectivity index (χ1n) is 2.34. The summed E-state index contributed by atoms with van der Waals surface area (Å²) in [7, 11) is 0. The second-order valence-electron chi connectivity index (χ2n) is 1.99. The molecule has 62 valence electrons. The van der Waals surface area contributed by atoms with E-state index in [4.69, 9.17) is 0 Å². The van der Waals surface area contributed by atoms with Gasteiger partial charge in [-0.2, -0.15) is 0 Å². The smallest absolute Gasteiger partial charge is 0.201 e. The first-order valence-corrected chi connectivity index (χ1v) is 2.34. The van der Waals surface area contributed by atoms with Gasteiger partial charge in [0.05, 0.1) is 0 Å². The topological polar surface area (TPSA) is 18.5 Å². The van der Waals surface area contributed by atoms with Crippen LogP contribution in [-0.4, -0.2) is 11.7 Å². The standard InChI is InChI=1S/C4H6F4O2/c1-3(5,6)4(2,9-7)10-8/h1-2H3. The highest BCUT2D eigenvalue weighted by atomic mass is 19.3. The second-order valence-corrected chi connectivity index (χ2v) is 1.99.